The van der Waals surface area contributed by atoms with Crippen LogP contribution in [0.25, 0.3) is 0 Å². The van der Waals surface area contributed by atoms with Gasteiger partial charge in [0.15, 0.2) is 0 Å². The van der Waals surface area contributed by atoms with Gasteiger partial charge in [0.25, 0.3) is 0 Å². The molecule has 1 fully saturated rings. The van der Waals surface area contributed by atoms with Gasteiger partial charge in [0.05, 0.1) is 6.42 Å². The molecule has 27 heavy (non-hydrogen) atoms. The van der Waals surface area contributed by atoms with Crippen LogP contribution in [0.15, 0.2) is 42.5 Å². The monoisotopic (exact) mass is 372 g/mol. The number of aryl methyl sites for hydroxylation is 1. The van der Waals surface area contributed by atoms with E-state index in [0.717, 1.165) is 23.3 Å². The molecule has 6 heteroatoms. The summed E-state index contributed by atoms with van der Waals surface area (Å²) in [6.07, 6.45) is 1.28. The number of benzene rings is 2. The van der Waals surface area contributed by atoms with Crippen LogP contribution >= 0.6 is 0 Å². The summed E-state index contributed by atoms with van der Waals surface area (Å²) in [7, 11) is 0. The Labute approximate surface area is 157 Å². The van der Waals surface area contributed by atoms with Crippen LogP contribution in [0.2, 0.25) is 0 Å². The van der Waals surface area contributed by atoms with E-state index in [9.17, 15) is 18.4 Å². The molecule has 0 aliphatic carbocycles. The van der Waals surface area contributed by atoms with Gasteiger partial charge in [0, 0.05) is 19.0 Å². The molecule has 3 rings (SSSR count). The second-order valence-corrected chi connectivity index (χ2v) is 6.90. The molecular formula is C21H22F2N2O2. The number of para-hydroxylation sites is 1. The lowest BCUT2D eigenvalue weighted by atomic mass is 9.95. The molecule has 0 unspecified atom stereocenters. The number of carbonyl (C=O) groups is 2. The van der Waals surface area contributed by atoms with Crippen LogP contribution in [0.3, 0.4) is 0 Å². The first-order chi connectivity index (χ1) is 12.9. The fourth-order valence-corrected chi connectivity index (χ4v) is 3.23. The topological polar surface area (TPSA) is 49.4 Å². The van der Waals surface area contributed by atoms with Gasteiger partial charge in [-0.3, -0.25) is 9.59 Å². The van der Waals surface area contributed by atoms with Crippen molar-refractivity contribution < 1.29 is 18.4 Å². The van der Waals surface area contributed by atoms with Crippen LogP contribution in [0, 0.1) is 24.5 Å². The Morgan fingerprint density at radius 2 is 1.63 bits per heavy atom. The molecule has 1 aliphatic rings. The highest BCUT2D eigenvalue weighted by atomic mass is 19.1. The number of hydrogen-bond donors (Lipinski definition) is 1. The fourth-order valence-electron chi connectivity index (χ4n) is 3.23. The predicted octanol–water partition coefficient (Wildman–Crippen LogP) is 3.69. The Kier molecular flexibility index (Phi) is 5.84. The zero-order chi connectivity index (χ0) is 19.4. The highest BCUT2D eigenvalue weighted by molar-refractivity contribution is 5.93. The van der Waals surface area contributed by atoms with Crippen molar-refractivity contribution >= 4 is 17.5 Å². The second-order valence-electron chi connectivity index (χ2n) is 6.90. The molecule has 2 aromatic carbocycles. The van der Waals surface area contributed by atoms with E-state index in [-0.39, 0.29) is 11.8 Å². The van der Waals surface area contributed by atoms with Gasteiger partial charge in [-0.25, -0.2) is 8.78 Å². The molecule has 0 radical (unpaired) electrons. The SMILES string of the molecule is Cc1ccc(CC(=O)N2CCC(C(=O)Nc3c(F)cccc3F)CC2)cc1. The molecule has 0 aromatic heterocycles. The van der Waals surface area contributed by atoms with Crippen molar-refractivity contribution in [1.29, 1.82) is 0 Å². The summed E-state index contributed by atoms with van der Waals surface area (Å²) in [6, 6.07) is 11.3. The van der Waals surface area contributed by atoms with Gasteiger partial charge in [0.2, 0.25) is 11.8 Å². The van der Waals surface area contributed by atoms with Gasteiger partial charge < -0.3 is 10.2 Å². The van der Waals surface area contributed by atoms with E-state index in [0.29, 0.717) is 32.4 Å². The quantitative estimate of drug-likeness (QED) is 0.890. The second kappa shape index (κ2) is 8.29. The minimum atomic E-state index is -0.797. The normalized spacial score (nSPS) is 14.9. The van der Waals surface area contributed by atoms with Crippen molar-refractivity contribution in [1.82, 2.24) is 4.90 Å². The predicted molar refractivity (Wildman–Crippen MR) is 99.2 cm³/mol. The van der Waals surface area contributed by atoms with E-state index in [1.807, 2.05) is 31.2 Å². The summed E-state index contributed by atoms with van der Waals surface area (Å²) in [5.41, 5.74) is 1.69. The molecule has 0 saturated carbocycles. The standard InChI is InChI=1S/C21H22F2N2O2/c1-14-5-7-15(8-6-14)13-19(26)25-11-9-16(10-12-25)21(27)24-20-17(22)3-2-4-18(20)23/h2-8,16H,9-13H2,1H3,(H,24,27). The third-order valence-electron chi connectivity index (χ3n) is 4.91. The van der Waals surface area contributed by atoms with Gasteiger partial charge in [0.1, 0.15) is 17.3 Å². The Morgan fingerprint density at radius 1 is 1.04 bits per heavy atom. The van der Waals surface area contributed by atoms with Crippen molar-refractivity contribution in [2.75, 3.05) is 18.4 Å². The first-order valence-electron chi connectivity index (χ1n) is 9.02. The van der Waals surface area contributed by atoms with Crippen LogP contribution in [-0.2, 0) is 16.0 Å². The maximum atomic E-state index is 13.7. The van der Waals surface area contributed by atoms with E-state index in [2.05, 4.69) is 5.32 Å². The van der Waals surface area contributed by atoms with Gasteiger partial charge >= 0.3 is 0 Å². The number of carbonyl (C=O) groups excluding carboxylic acids is 2. The fraction of sp³-hybridized carbons (Fsp3) is 0.333. The number of hydrogen-bond acceptors (Lipinski definition) is 2. The van der Waals surface area contributed by atoms with E-state index in [1.54, 1.807) is 4.90 Å². The van der Waals surface area contributed by atoms with Crippen molar-refractivity contribution in [3.05, 3.63) is 65.2 Å². The number of nitrogens with zero attached hydrogens (tertiary/aromatic N) is 1. The Balaban J connectivity index is 1.53. The summed E-state index contributed by atoms with van der Waals surface area (Å²) in [6.45, 7) is 2.92. The van der Waals surface area contributed by atoms with Crippen LogP contribution in [0.5, 0.6) is 0 Å². The van der Waals surface area contributed by atoms with E-state index < -0.39 is 23.2 Å². The van der Waals surface area contributed by atoms with Gasteiger partial charge in [-0.1, -0.05) is 35.9 Å². The number of rotatable bonds is 4. The molecule has 0 bridgehead atoms. The van der Waals surface area contributed by atoms with Crippen LogP contribution < -0.4 is 5.32 Å². The zero-order valence-electron chi connectivity index (χ0n) is 15.2. The largest absolute Gasteiger partial charge is 0.342 e. The first kappa shape index (κ1) is 19.0. The molecule has 0 atom stereocenters. The first-order valence-corrected chi connectivity index (χ1v) is 9.02. The van der Waals surface area contributed by atoms with E-state index >= 15 is 0 Å². The molecule has 1 heterocycles. The number of likely N-dealkylation sites (tertiary alicyclic amines) is 1. The molecule has 1 saturated heterocycles. The number of halogens is 2. The molecule has 2 aromatic rings. The average Bonchev–Trinajstić information content (AvgIpc) is 2.66. The van der Waals surface area contributed by atoms with Gasteiger partial charge in [-0.2, -0.15) is 0 Å². The van der Waals surface area contributed by atoms with Gasteiger partial charge in [-0.05, 0) is 37.5 Å². The van der Waals surface area contributed by atoms with Crippen molar-refractivity contribution in [3.8, 4) is 0 Å². The lowest BCUT2D eigenvalue weighted by molar-refractivity contribution is -0.133. The minimum absolute atomic E-state index is 0.0258. The molecule has 1 aliphatic heterocycles. The molecule has 4 nitrogen and oxygen atoms in total. The Morgan fingerprint density at radius 3 is 2.22 bits per heavy atom. The molecular weight excluding hydrogens is 350 g/mol. The van der Waals surface area contributed by atoms with Crippen molar-refractivity contribution in [3.63, 3.8) is 0 Å². The van der Waals surface area contributed by atoms with Crippen LogP contribution in [0.1, 0.15) is 24.0 Å². The summed E-state index contributed by atoms with van der Waals surface area (Å²) < 4.78 is 27.3. The van der Waals surface area contributed by atoms with Gasteiger partial charge in [-0.15, -0.1) is 0 Å². The highest BCUT2D eigenvalue weighted by Crippen LogP contribution is 2.23. The maximum Gasteiger partial charge on any atom is 0.227 e. The zero-order valence-corrected chi connectivity index (χ0v) is 15.2. The molecule has 142 valence electrons. The number of anilines is 1. The average molecular weight is 372 g/mol. The van der Waals surface area contributed by atoms with Crippen LogP contribution in [0.4, 0.5) is 14.5 Å². The Bertz CT molecular complexity index is 808. The number of amides is 2. The minimum Gasteiger partial charge on any atom is -0.342 e. The summed E-state index contributed by atoms with van der Waals surface area (Å²) in [4.78, 5) is 26.5. The third-order valence-corrected chi connectivity index (χ3v) is 4.91. The Hall–Kier alpha value is -2.76. The number of piperidine rings is 1. The summed E-state index contributed by atoms with van der Waals surface area (Å²) in [5.74, 6) is -2.35. The van der Waals surface area contributed by atoms with Crippen molar-refractivity contribution in [2.24, 2.45) is 5.92 Å². The lowest BCUT2D eigenvalue weighted by Crippen LogP contribution is -2.42. The summed E-state index contributed by atoms with van der Waals surface area (Å²) in [5, 5.41) is 2.34. The number of nitrogens with one attached hydrogen (secondary N) is 1. The smallest absolute Gasteiger partial charge is 0.227 e. The molecule has 0 spiro atoms. The maximum absolute atomic E-state index is 13.7. The van der Waals surface area contributed by atoms with E-state index in [1.165, 1.54) is 6.07 Å². The van der Waals surface area contributed by atoms with Crippen molar-refractivity contribution in [2.45, 2.75) is 26.2 Å². The van der Waals surface area contributed by atoms with Crippen LogP contribution in [-0.4, -0.2) is 29.8 Å². The highest BCUT2D eigenvalue weighted by Gasteiger charge is 2.28. The van der Waals surface area contributed by atoms with E-state index in [4.69, 9.17) is 0 Å². The lowest BCUT2D eigenvalue weighted by Gasteiger charge is -2.31. The molecule has 1 N–H and O–H groups in total. The summed E-state index contributed by atoms with van der Waals surface area (Å²) >= 11 is 0. The molecule has 2 amide bonds. The third kappa shape index (κ3) is 4.70.